The smallest absolute Gasteiger partial charge is 0.336 e. The molecule has 200 valence electrons. The van der Waals surface area contributed by atoms with E-state index in [2.05, 4.69) is 5.32 Å². The second-order valence-corrected chi connectivity index (χ2v) is 9.03. The van der Waals surface area contributed by atoms with Crippen LogP contribution in [0.2, 0.25) is 0 Å². The summed E-state index contributed by atoms with van der Waals surface area (Å²) in [6.07, 6.45) is 0. The zero-order chi connectivity index (χ0) is 28.6. The highest BCUT2D eigenvalue weighted by Gasteiger charge is 2.25. The van der Waals surface area contributed by atoms with Gasteiger partial charge in [-0.3, -0.25) is 9.59 Å². The van der Waals surface area contributed by atoms with Crippen molar-refractivity contribution in [2.45, 2.75) is 13.1 Å². The molecule has 40 heavy (non-hydrogen) atoms. The monoisotopic (exact) mass is 538 g/mol. The second-order valence-electron chi connectivity index (χ2n) is 9.03. The van der Waals surface area contributed by atoms with Gasteiger partial charge in [-0.05, 0) is 59.7 Å². The molecule has 5 rings (SSSR count). The molecule has 0 saturated heterocycles. The molecule has 1 amide bonds. The van der Waals surface area contributed by atoms with Gasteiger partial charge >= 0.3 is 11.9 Å². The molecule has 10 heteroatoms. The molecule has 1 aliphatic heterocycles. The van der Waals surface area contributed by atoms with Crippen LogP contribution in [0.15, 0.2) is 82.0 Å². The Balaban J connectivity index is 1.70. The van der Waals surface area contributed by atoms with Gasteiger partial charge in [0.1, 0.15) is 17.1 Å². The van der Waals surface area contributed by atoms with Crippen molar-refractivity contribution in [2.75, 3.05) is 0 Å². The van der Waals surface area contributed by atoms with Crippen LogP contribution >= 0.6 is 0 Å². The molecule has 1 heterocycles. The number of amides is 1. The highest BCUT2D eigenvalue weighted by Crippen LogP contribution is 2.43. The first-order chi connectivity index (χ1) is 19.2. The quantitative estimate of drug-likeness (QED) is 0.191. The summed E-state index contributed by atoms with van der Waals surface area (Å²) in [4.78, 5) is 48.7. The van der Waals surface area contributed by atoms with Crippen molar-refractivity contribution >= 4 is 28.8 Å². The Morgan fingerprint density at radius 1 is 0.825 bits per heavy atom. The highest BCUT2D eigenvalue weighted by atomic mass is 16.4. The third-order valence-corrected chi connectivity index (χ3v) is 6.58. The van der Waals surface area contributed by atoms with Crippen molar-refractivity contribution in [3.8, 4) is 28.2 Å². The van der Waals surface area contributed by atoms with Gasteiger partial charge in [0, 0.05) is 34.7 Å². The van der Waals surface area contributed by atoms with Gasteiger partial charge in [0.2, 0.25) is 0 Å². The van der Waals surface area contributed by atoms with Crippen molar-refractivity contribution in [3.63, 3.8) is 0 Å². The third kappa shape index (κ3) is 4.74. The normalized spacial score (nSPS) is 11.0. The number of phenolic OH excluding ortho intramolecular Hbond substituents is 1. The van der Waals surface area contributed by atoms with E-state index in [0.29, 0.717) is 28.6 Å². The first kappa shape index (κ1) is 26.1. The summed E-state index contributed by atoms with van der Waals surface area (Å²) in [5.41, 5.74) is 7.25. The fraction of sp³-hybridized carbons (Fsp3) is 0.0667. The van der Waals surface area contributed by atoms with Crippen LogP contribution in [-0.2, 0) is 13.1 Å². The zero-order valence-electron chi connectivity index (χ0n) is 20.8. The number of carboxylic acid groups (broad SMARTS) is 2. The number of nitrogens with two attached hydrogens (primary N) is 1. The van der Waals surface area contributed by atoms with Gasteiger partial charge in [0.25, 0.3) is 5.91 Å². The molecule has 1 aliphatic carbocycles. The van der Waals surface area contributed by atoms with Crippen molar-refractivity contribution in [1.82, 2.24) is 5.32 Å². The van der Waals surface area contributed by atoms with E-state index in [0.717, 1.165) is 11.6 Å². The van der Waals surface area contributed by atoms with Gasteiger partial charge in [0.15, 0.2) is 5.43 Å². The third-order valence-electron chi connectivity index (χ3n) is 6.58. The van der Waals surface area contributed by atoms with Gasteiger partial charge in [-0.25, -0.2) is 9.59 Å². The van der Waals surface area contributed by atoms with Crippen LogP contribution in [0.5, 0.6) is 5.75 Å². The first-order valence-corrected chi connectivity index (χ1v) is 12.1. The molecule has 10 nitrogen and oxygen atoms in total. The number of fused-ring (bicyclic) bond motifs is 2. The number of benzene rings is 4. The van der Waals surface area contributed by atoms with E-state index in [1.807, 2.05) is 0 Å². The van der Waals surface area contributed by atoms with Crippen molar-refractivity contribution < 1.29 is 34.1 Å². The molecule has 0 radical (unpaired) electrons. The number of hydrogen-bond donors (Lipinski definition) is 5. The predicted octanol–water partition coefficient (Wildman–Crippen LogP) is 4.06. The van der Waals surface area contributed by atoms with Crippen LogP contribution in [0.3, 0.4) is 0 Å². The summed E-state index contributed by atoms with van der Waals surface area (Å²) in [6, 6.07) is 17.4. The van der Waals surface area contributed by atoms with Crippen LogP contribution in [-0.4, -0.2) is 33.2 Å². The van der Waals surface area contributed by atoms with Gasteiger partial charge < -0.3 is 30.8 Å². The summed E-state index contributed by atoms with van der Waals surface area (Å²) in [5.74, 6) is -3.14. The largest absolute Gasteiger partial charge is 0.507 e. The van der Waals surface area contributed by atoms with Crippen LogP contribution in [0.1, 0.15) is 42.2 Å². The molecule has 0 fully saturated rings. The minimum absolute atomic E-state index is 0.115. The number of phenols is 1. The summed E-state index contributed by atoms with van der Waals surface area (Å²) in [5, 5.41) is 33.2. The minimum Gasteiger partial charge on any atom is -0.507 e. The number of aromatic carboxylic acids is 2. The molecule has 0 aromatic heterocycles. The second kappa shape index (κ2) is 10.4. The topological polar surface area (TPSA) is 180 Å². The highest BCUT2D eigenvalue weighted by molar-refractivity contribution is 6.09. The van der Waals surface area contributed by atoms with Gasteiger partial charge in [-0.15, -0.1) is 0 Å². The maximum absolute atomic E-state index is 12.8. The maximum Gasteiger partial charge on any atom is 0.336 e. The van der Waals surface area contributed by atoms with E-state index >= 15 is 0 Å². The van der Waals surface area contributed by atoms with Gasteiger partial charge in [-0.1, -0.05) is 18.2 Å². The number of aromatic hydroxyl groups is 1. The summed E-state index contributed by atoms with van der Waals surface area (Å²) in [7, 11) is 0. The van der Waals surface area contributed by atoms with Gasteiger partial charge in [0.05, 0.1) is 23.2 Å². The lowest BCUT2D eigenvalue weighted by Gasteiger charge is -2.19. The molecule has 0 saturated carbocycles. The maximum atomic E-state index is 12.8. The molecule has 3 aromatic rings. The SMILES string of the molecule is NCc1ccc(C(=O)NCc2c(O)ccc3c(-c4ccc(C(=O)O)cc4C(=O)O)c4ccc(=O)cc-4oc23)cc1. The lowest BCUT2D eigenvalue weighted by atomic mass is 9.89. The number of rotatable bonds is 7. The summed E-state index contributed by atoms with van der Waals surface area (Å²) in [6.45, 7) is 0.174. The van der Waals surface area contributed by atoms with Crippen LogP contribution in [0.25, 0.3) is 33.4 Å². The Bertz CT molecular complexity index is 1840. The van der Waals surface area contributed by atoms with Crippen LogP contribution < -0.4 is 16.5 Å². The lowest BCUT2D eigenvalue weighted by Crippen LogP contribution is -2.23. The first-order valence-electron chi connectivity index (χ1n) is 12.1. The molecule has 3 aromatic carbocycles. The van der Waals surface area contributed by atoms with Crippen LogP contribution in [0.4, 0.5) is 0 Å². The molecular weight excluding hydrogens is 516 g/mol. The molecule has 0 spiro atoms. The molecular formula is C30H22N2O8. The molecule has 0 bridgehead atoms. The average Bonchev–Trinajstić information content (AvgIpc) is 2.95. The fourth-order valence-electron chi connectivity index (χ4n) is 4.58. The number of nitrogens with one attached hydrogen (secondary N) is 1. The number of carboxylic acids is 2. The van der Waals surface area contributed by atoms with Crippen molar-refractivity contribution in [1.29, 1.82) is 0 Å². The van der Waals surface area contributed by atoms with E-state index in [1.54, 1.807) is 24.3 Å². The molecule has 0 atom stereocenters. The number of carbonyl (C=O) groups excluding carboxylic acids is 1. The molecule has 0 unspecified atom stereocenters. The van der Waals surface area contributed by atoms with Crippen molar-refractivity contribution in [3.05, 3.63) is 111 Å². The Morgan fingerprint density at radius 3 is 2.20 bits per heavy atom. The Hall–Kier alpha value is -5.48. The Labute approximate surface area is 226 Å². The lowest BCUT2D eigenvalue weighted by molar-refractivity contribution is 0.0696. The minimum atomic E-state index is -1.35. The Kier molecular flexibility index (Phi) is 6.76. The van der Waals surface area contributed by atoms with Gasteiger partial charge in [-0.2, -0.15) is 0 Å². The Morgan fingerprint density at radius 2 is 1.52 bits per heavy atom. The molecule has 2 aliphatic rings. The van der Waals surface area contributed by atoms with Crippen molar-refractivity contribution in [2.24, 2.45) is 5.73 Å². The number of hydrogen-bond acceptors (Lipinski definition) is 7. The zero-order valence-corrected chi connectivity index (χ0v) is 20.8. The van der Waals surface area contributed by atoms with E-state index in [1.165, 1.54) is 42.5 Å². The summed E-state index contributed by atoms with van der Waals surface area (Å²) >= 11 is 0. The predicted molar refractivity (Wildman–Crippen MR) is 146 cm³/mol. The fourth-order valence-corrected chi connectivity index (χ4v) is 4.58. The van der Waals surface area contributed by atoms with Crippen LogP contribution in [0, 0.1) is 0 Å². The van der Waals surface area contributed by atoms with E-state index in [-0.39, 0.29) is 51.3 Å². The van der Waals surface area contributed by atoms with E-state index in [4.69, 9.17) is 10.2 Å². The molecule has 6 N–H and O–H groups in total. The number of carbonyl (C=O) groups is 3. The van der Waals surface area contributed by atoms with E-state index < -0.39 is 17.8 Å². The van der Waals surface area contributed by atoms with E-state index in [9.17, 15) is 34.5 Å². The summed E-state index contributed by atoms with van der Waals surface area (Å²) < 4.78 is 6.07. The average molecular weight is 539 g/mol. The standard InChI is InChI=1S/C30H22N2O8/c31-13-15-1-3-16(4-2-15)28(35)32-14-23-24(34)10-9-21-26(20-8-6-18(33)12-25(20)40-27(21)23)19-7-5-17(29(36)37)11-22(19)30(38)39/h1-12,34H,13-14,31H2,(H,32,35)(H,36,37)(H,38,39).